The molecule has 2 aromatic rings. The van der Waals surface area contributed by atoms with Gasteiger partial charge in [0.05, 0.1) is 22.2 Å². The Bertz CT molecular complexity index is 848. The number of likely N-dealkylation sites (tertiary alicyclic amines) is 1. The standard InChI is InChI=1S/C19H22N2O5S/c1-12-3-4-14(26-12)15-5-6-16(27-15)18(23)20(2)11-17(22)21-9-7-13(8-10-21)19(24)25/h3-6,13H,7-11H2,1-2H3,(H,24,25). The Morgan fingerprint density at radius 2 is 1.93 bits per heavy atom. The minimum absolute atomic E-state index is 0.0241. The summed E-state index contributed by atoms with van der Waals surface area (Å²) in [7, 11) is 1.60. The maximum atomic E-state index is 12.6. The smallest absolute Gasteiger partial charge is 0.306 e. The first-order valence-electron chi connectivity index (χ1n) is 8.78. The summed E-state index contributed by atoms with van der Waals surface area (Å²) in [6, 6.07) is 7.31. The number of nitrogens with zero attached hydrogens (tertiary/aromatic N) is 2. The summed E-state index contributed by atoms with van der Waals surface area (Å²) in [5.74, 6) is -0.0495. The number of hydrogen-bond acceptors (Lipinski definition) is 5. The van der Waals surface area contributed by atoms with Crippen molar-refractivity contribution in [3.05, 3.63) is 34.9 Å². The fourth-order valence-electron chi connectivity index (χ4n) is 3.09. The third kappa shape index (κ3) is 4.39. The van der Waals surface area contributed by atoms with E-state index in [4.69, 9.17) is 9.52 Å². The number of carboxylic acid groups (broad SMARTS) is 1. The van der Waals surface area contributed by atoms with Gasteiger partial charge in [-0.15, -0.1) is 11.3 Å². The zero-order valence-electron chi connectivity index (χ0n) is 15.3. The average Bonchev–Trinajstić information content (AvgIpc) is 3.30. The second-order valence-electron chi connectivity index (χ2n) is 6.73. The Balaban J connectivity index is 1.57. The molecule has 0 aliphatic carbocycles. The molecule has 0 saturated carbocycles. The molecular formula is C19H22N2O5S. The highest BCUT2D eigenvalue weighted by molar-refractivity contribution is 7.17. The molecule has 3 heterocycles. The molecule has 1 aliphatic heterocycles. The number of carbonyl (C=O) groups excluding carboxylic acids is 2. The van der Waals surface area contributed by atoms with E-state index >= 15 is 0 Å². The monoisotopic (exact) mass is 390 g/mol. The first-order valence-corrected chi connectivity index (χ1v) is 9.59. The van der Waals surface area contributed by atoms with Crippen LogP contribution in [0.25, 0.3) is 10.6 Å². The summed E-state index contributed by atoms with van der Waals surface area (Å²) >= 11 is 1.33. The van der Waals surface area contributed by atoms with Gasteiger partial charge in [0.1, 0.15) is 11.5 Å². The molecule has 0 atom stereocenters. The number of furan rings is 1. The van der Waals surface area contributed by atoms with E-state index in [2.05, 4.69) is 0 Å². The molecule has 3 rings (SSSR count). The first-order chi connectivity index (χ1) is 12.8. The predicted octanol–water partition coefficient (Wildman–Crippen LogP) is 2.71. The molecule has 0 radical (unpaired) electrons. The van der Waals surface area contributed by atoms with Crippen LogP contribution >= 0.6 is 11.3 Å². The van der Waals surface area contributed by atoms with Gasteiger partial charge in [0.25, 0.3) is 5.91 Å². The maximum Gasteiger partial charge on any atom is 0.306 e. The Labute approximate surface area is 161 Å². The first kappa shape index (κ1) is 19.2. The summed E-state index contributed by atoms with van der Waals surface area (Å²) in [5.41, 5.74) is 0. The minimum atomic E-state index is -0.811. The van der Waals surface area contributed by atoms with Crippen LogP contribution in [-0.4, -0.2) is 59.4 Å². The van der Waals surface area contributed by atoms with E-state index in [1.54, 1.807) is 18.0 Å². The number of amides is 2. The van der Waals surface area contributed by atoms with Crippen molar-refractivity contribution in [1.82, 2.24) is 9.80 Å². The highest BCUT2D eigenvalue weighted by Crippen LogP contribution is 2.30. The van der Waals surface area contributed by atoms with Gasteiger partial charge in [-0.25, -0.2) is 0 Å². The summed E-state index contributed by atoms with van der Waals surface area (Å²) < 4.78 is 5.58. The lowest BCUT2D eigenvalue weighted by Crippen LogP contribution is -2.45. The fourth-order valence-corrected chi connectivity index (χ4v) is 4.05. The number of thiophene rings is 1. The molecule has 144 valence electrons. The van der Waals surface area contributed by atoms with Crippen LogP contribution in [0.1, 0.15) is 28.3 Å². The molecular weight excluding hydrogens is 368 g/mol. The van der Waals surface area contributed by atoms with E-state index in [1.807, 2.05) is 25.1 Å². The van der Waals surface area contributed by atoms with Crippen molar-refractivity contribution in [2.75, 3.05) is 26.7 Å². The molecule has 1 saturated heterocycles. The van der Waals surface area contributed by atoms with Crippen LogP contribution in [0.15, 0.2) is 28.7 Å². The SMILES string of the molecule is Cc1ccc(-c2ccc(C(=O)N(C)CC(=O)N3CCC(C(=O)O)CC3)s2)o1. The molecule has 27 heavy (non-hydrogen) atoms. The normalized spacial score (nSPS) is 15.0. The van der Waals surface area contributed by atoms with Crippen LogP contribution < -0.4 is 0 Å². The van der Waals surface area contributed by atoms with Gasteiger partial charge in [-0.05, 0) is 44.0 Å². The minimum Gasteiger partial charge on any atom is -0.481 e. The van der Waals surface area contributed by atoms with Crippen LogP contribution in [0.5, 0.6) is 0 Å². The van der Waals surface area contributed by atoms with Crippen molar-refractivity contribution in [3.63, 3.8) is 0 Å². The summed E-state index contributed by atoms with van der Waals surface area (Å²) in [6.07, 6.45) is 0.908. The lowest BCUT2D eigenvalue weighted by molar-refractivity contribution is -0.145. The molecule has 2 amide bonds. The lowest BCUT2D eigenvalue weighted by Gasteiger charge is -2.31. The number of rotatable bonds is 5. The van der Waals surface area contributed by atoms with Gasteiger partial charge >= 0.3 is 5.97 Å². The Kier molecular flexibility index (Phi) is 5.65. The number of piperidine rings is 1. The van der Waals surface area contributed by atoms with Crippen molar-refractivity contribution in [1.29, 1.82) is 0 Å². The van der Waals surface area contributed by atoms with Crippen molar-refractivity contribution in [2.24, 2.45) is 5.92 Å². The van der Waals surface area contributed by atoms with E-state index in [9.17, 15) is 14.4 Å². The van der Waals surface area contributed by atoms with E-state index in [1.165, 1.54) is 16.2 Å². The Hall–Kier alpha value is -2.61. The molecule has 2 aromatic heterocycles. The quantitative estimate of drug-likeness (QED) is 0.848. The number of aryl methyl sites for hydroxylation is 1. The molecule has 1 fully saturated rings. The molecule has 8 heteroatoms. The third-order valence-corrected chi connectivity index (χ3v) is 5.80. The molecule has 0 spiro atoms. The largest absolute Gasteiger partial charge is 0.481 e. The van der Waals surface area contributed by atoms with E-state index in [-0.39, 0.29) is 24.3 Å². The van der Waals surface area contributed by atoms with Crippen LogP contribution in [0, 0.1) is 12.8 Å². The van der Waals surface area contributed by atoms with Gasteiger partial charge in [0.15, 0.2) is 0 Å². The molecule has 1 aliphatic rings. The highest BCUT2D eigenvalue weighted by atomic mass is 32.1. The summed E-state index contributed by atoms with van der Waals surface area (Å²) in [4.78, 5) is 40.5. The van der Waals surface area contributed by atoms with Crippen LogP contribution in [0.3, 0.4) is 0 Å². The van der Waals surface area contributed by atoms with Gasteiger partial charge in [-0.3, -0.25) is 14.4 Å². The van der Waals surface area contributed by atoms with Crippen LogP contribution in [0.4, 0.5) is 0 Å². The number of carboxylic acids is 1. The van der Waals surface area contributed by atoms with Gasteiger partial charge in [0.2, 0.25) is 5.91 Å². The van der Waals surface area contributed by atoms with E-state index < -0.39 is 5.97 Å². The molecule has 7 nitrogen and oxygen atoms in total. The van der Waals surface area contributed by atoms with Crippen molar-refractivity contribution < 1.29 is 23.9 Å². The number of likely N-dealkylation sites (N-methyl/N-ethyl adjacent to an activating group) is 1. The summed E-state index contributed by atoms with van der Waals surface area (Å²) in [6.45, 7) is 2.67. The Morgan fingerprint density at radius 1 is 1.22 bits per heavy atom. The topological polar surface area (TPSA) is 91.1 Å². The van der Waals surface area contributed by atoms with Crippen molar-refractivity contribution in [3.8, 4) is 10.6 Å². The van der Waals surface area contributed by atoms with E-state index in [0.717, 1.165) is 16.4 Å². The van der Waals surface area contributed by atoms with Gasteiger partial charge in [0, 0.05) is 20.1 Å². The zero-order chi connectivity index (χ0) is 19.6. The molecule has 0 aromatic carbocycles. The second kappa shape index (κ2) is 7.96. The zero-order valence-corrected chi connectivity index (χ0v) is 16.1. The second-order valence-corrected chi connectivity index (χ2v) is 7.81. The Morgan fingerprint density at radius 3 is 2.52 bits per heavy atom. The lowest BCUT2D eigenvalue weighted by atomic mass is 9.97. The predicted molar refractivity (Wildman–Crippen MR) is 101 cm³/mol. The van der Waals surface area contributed by atoms with Crippen molar-refractivity contribution in [2.45, 2.75) is 19.8 Å². The van der Waals surface area contributed by atoms with Crippen LogP contribution in [0.2, 0.25) is 0 Å². The fraction of sp³-hybridized carbons (Fsp3) is 0.421. The molecule has 1 N–H and O–H groups in total. The number of aliphatic carboxylic acids is 1. The summed E-state index contributed by atoms with van der Waals surface area (Å²) in [5, 5.41) is 9.03. The maximum absolute atomic E-state index is 12.6. The van der Waals surface area contributed by atoms with Crippen LogP contribution in [-0.2, 0) is 9.59 Å². The molecule has 0 unspecified atom stereocenters. The third-order valence-electron chi connectivity index (χ3n) is 4.72. The van der Waals surface area contributed by atoms with Gasteiger partial charge in [-0.1, -0.05) is 0 Å². The number of hydrogen-bond donors (Lipinski definition) is 1. The number of carbonyl (C=O) groups is 3. The van der Waals surface area contributed by atoms with E-state index in [0.29, 0.717) is 30.8 Å². The highest BCUT2D eigenvalue weighted by Gasteiger charge is 2.28. The molecule has 0 bridgehead atoms. The van der Waals surface area contributed by atoms with Gasteiger partial charge < -0.3 is 19.3 Å². The van der Waals surface area contributed by atoms with Gasteiger partial charge in [-0.2, -0.15) is 0 Å². The average molecular weight is 390 g/mol. The van der Waals surface area contributed by atoms with Crippen molar-refractivity contribution >= 4 is 29.1 Å².